The molecule has 2 aliphatic carbocycles. The van der Waals surface area contributed by atoms with Crippen molar-refractivity contribution in [3.8, 4) is 11.6 Å². The van der Waals surface area contributed by atoms with Gasteiger partial charge in [0, 0.05) is 48.6 Å². The number of nitrogens with zero attached hydrogens (tertiary/aromatic N) is 6. The molecule has 5 fully saturated rings. The van der Waals surface area contributed by atoms with Crippen LogP contribution in [-0.2, 0) is 4.79 Å². The Morgan fingerprint density at radius 1 is 1.11 bits per heavy atom. The molecule has 0 radical (unpaired) electrons. The van der Waals surface area contributed by atoms with Crippen molar-refractivity contribution < 1.29 is 18.7 Å². The molecular formula is C34H46FN7O3. The molecule has 0 atom stereocenters. The Kier molecular flexibility index (Phi) is 7.73. The summed E-state index contributed by atoms with van der Waals surface area (Å²) in [5.41, 5.74) is 0.224. The van der Waals surface area contributed by atoms with Crippen LogP contribution in [0, 0.1) is 22.6 Å². The largest absolute Gasteiger partial charge is 0.434 e. The van der Waals surface area contributed by atoms with Crippen LogP contribution in [0.3, 0.4) is 0 Å². The van der Waals surface area contributed by atoms with Gasteiger partial charge < -0.3 is 24.8 Å². The molecule has 2 amide bonds. The van der Waals surface area contributed by atoms with Crippen LogP contribution in [-0.4, -0.2) is 87.6 Å². The fourth-order valence-corrected chi connectivity index (χ4v) is 8.41. The summed E-state index contributed by atoms with van der Waals surface area (Å²) in [6.45, 7) is 11.7. The highest BCUT2D eigenvalue weighted by Gasteiger charge is 2.50. The maximum Gasteiger partial charge on any atom is 0.282 e. The van der Waals surface area contributed by atoms with E-state index in [-0.39, 0.29) is 51.4 Å². The van der Waals surface area contributed by atoms with Crippen molar-refractivity contribution in [2.45, 2.75) is 90.1 Å². The predicted molar refractivity (Wildman–Crippen MR) is 168 cm³/mol. The van der Waals surface area contributed by atoms with E-state index in [1.165, 1.54) is 37.4 Å². The van der Waals surface area contributed by atoms with Gasteiger partial charge in [0.05, 0.1) is 5.56 Å². The number of amides is 2. The van der Waals surface area contributed by atoms with E-state index in [9.17, 15) is 14.0 Å². The lowest BCUT2D eigenvalue weighted by atomic mass is 9.70. The van der Waals surface area contributed by atoms with Crippen molar-refractivity contribution in [2.24, 2.45) is 16.7 Å². The fourth-order valence-electron chi connectivity index (χ4n) is 8.41. The molecule has 1 aromatic heterocycles. The zero-order valence-corrected chi connectivity index (χ0v) is 26.9. The molecular weight excluding hydrogens is 573 g/mol. The first-order valence-corrected chi connectivity index (χ1v) is 16.8. The minimum absolute atomic E-state index is 0.0249. The third-order valence-electron chi connectivity index (χ3n) is 11.2. The molecule has 0 bridgehead atoms. The van der Waals surface area contributed by atoms with Gasteiger partial charge in [-0.1, -0.05) is 13.8 Å². The second-order valence-corrected chi connectivity index (χ2v) is 15.0. The third kappa shape index (κ3) is 6.00. The highest BCUT2D eigenvalue weighted by Crippen LogP contribution is 2.47. The summed E-state index contributed by atoms with van der Waals surface area (Å²) >= 11 is 0. The van der Waals surface area contributed by atoms with E-state index >= 15 is 0 Å². The van der Waals surface area contributed by atoms with E-state index in [1.54, 1.807) is 4.90 Å². The van der Waals surface area contributed by atoms with Gasteiger partial charge in [-0.2, -0.15) is 0 Å². The minimum atomic E-state index is -0.482. The lowest BCUT2D eigenvalue weighted by molar-refractivity contribution is -0.126. The normalized spacial score (nSPS) is 27.3. The maximum absolute atomic E-state index is 14.3. The van der Waals surface area contributed by atoms with E-state index in [0.717, 1.165) is 77.7 Å². The van der Waals surface area contributed by atoms with Crippen LogP contribution < -0.4 is 15.0 Å². The average Bonchev–Trinajstić information content (AvgIpc) is 3.81. The number of benzene rings is 1. The van der Waals surface area contributed by atoms with Gasteiger partial charge >= 0.3 is 0 Å². The number of ether oxygens (including phenoxy) is 1. The quantitative estimate of drug-likeness (QED) is 0.450. The lowest BCUT2D eigenvalue weighted by Gasteiger charge is -2.54. The van der Waals surface area contributed by atoms with Crippen molar-refractivity contribution in [1.29, 1.82) is 0 Å². The van der Waals surface area contributed by atoms with E-state index < -0.39 is 5.82 Å². The molecule has 0 unspecified atom stereocenters. The smallest absolute Gasteiger partial charge is 0.282 e. The molecule has 1 N–H and O–H groups in total. The van der Waals surface area contributed by atoms with Crippen molar-refractivity contribution in [1.82, 2.24) is 30.3 Å². The van der Waals surface area contributed by atoms with Crippen LogP contribution in [0.15, 0.2) is 24.5 Å². The molecule has 2 saturated carbocycles. The van der Waals surface area contributed by atoms with Gasteiger partial charge in [0.1, 0.15) is 17.9 Å². The monoisotopic (exact) mass is 619 g/mol. The number of hydrogen-bond donors (Lipinski definition) is 1. The van der Waals surface area contributed by atoms with E-state index in [1.807, 2.05) is 6.92 Å². The summed E-state index contributed by atoms with van der Waals surface area (Å²) < 4.78 is 20.4. The van der Waals surface area contributed by atoms with Gasteiger partial charge in [0.15, 0.2) is 5.82 Å². The Morgan fingerprint density at radius 3 is 2.49 bits per heavy atom. The number of aromatic nitrogens is 3. The maximum atomic E-state index is 14.3. The van der Waals surface area contributed by atoms with Crippen LogP contribution in [0.2, 0.25) is 0 Å². The molecule has 4 heterocycles. The zero-order chi connectivity index (χ0) is 31.4. The van der Waals surface area contributed by atoms with Gasteiger partial charge in [-0.25, -0.2) is 9.37 Å². The summed E-state index contributed by atoms with van der Waals surface area (Å²) in [5, 5.41) is 11.5. The molecule has 3 aliphatic heterocycles. The van der Waals surface area contributed by atoms with Crippen LogP contribution in [0.5, 0.6) is 11.6 Å². The molecule has 45 heavy (non-hydrogen) atoms. The minimum Gasteiger partial charge on any atom is -0.434 e. The second kappa shape index (κ2) is 11.5. The van der Waals surface area contributed by atoms with Crippen molar-refractivity contribution >= 4 is 17.6 Å². The van der Waals surface area contributed by atoms with Gasteiger partial charge in [-0.15, -0.1) is 10.2 Å². The predicted octanol–water partition coefficient (Wildman–Crippen LogP) is 4.80. The molecule has 11 heteroatoms. The number of nitrogens with one attached hydrogen (secondary N) is 1. The fraction of sp³-hybridized carbons (Fsp3) is 0.676. The van der Waals surface area contributed by atoms with E-state index in [2.05, 4.69) is 44.1 Å². The Labute approximate surface area is 265 Å². The Morgan fingerprint density at radius 2 is 1.84 bits per heavy atom. The topological polar surface area (TPSA) is 104 Å². The first kappa shape index (κ1) is 30.3. The molecule has 2 spiro atoms. The molecule has 1 aromatic carbocycles. The average molecular weight is 620 g/mol. The molecule has 10 nitrogen and oxygen atoms in total. The number of rotatable bonds is 8. The van der Waals surface area contributed by atoms with Crippen LogP contribution >= 0.6 is 0 Å². The number of carbonyl (C=O) groups excluding carboxylic acids is 2. The highest BCUT2D eigenvalue weighted by molar-refractivity contribution is 5.97. The van der Waals surface area contributed by atoms with Gasteiger partial charge in [0.2, 0.25) is 5.91 Å². The number of anilines is 1. The molecule has 242 valence electrons. The third-order valence-corrected chi connectivity index (χ3v) is 11.2. The molecule has 2 aromatic rings. The van der Waals surface area contributed by atoms with E-state index in [4.69, 9.17) is 4.74 Å². The standard InChI is InChI=1S/C34H46FN7O3/c1-4-42(25-6-7-25)30(43)26-17-24(35)5-8-27(26)45-29-28(36-22-37-39-29)41-20-33(21-41)13-15-40(16-14-33)18-23-9-11-34(12-10-23)19-32(2,3)31(44)38-34/h5,8,17,22-23,25H,4,6-7,9-16,18-21H2,1-3H3,(H,38,44)/t23-,34-. The second-order valence-electron chi connectivity index (χ2n) is 15.0. The Balaban J connectivity index is 0.939. The van der Waals surface area contributed by atoms with Crippen molar-refractivity contribution in [2.75, 3.05) is 44.2 Å². The zero-order valence-electron chi connectivity index (χ0n) is 26.9. The van der Waals surface area contributed by atoms with Gasteiger partial charge in [0.25, 0.3) is 11.8 Å². The van der Waals surface area contributed by atoms with Gasteiger partial charge in [-0.05, 0) is 102 Å². The number of hydrogen-bond acceptors (Lipinski definition) is 8. The van der Waals surface area contributed by atoms with Crippen LogP contribution in [0.25, 0.3) is 0 Å². The number of piperidine rings is 1. The Hall–Kier alpha value is -3.34. The summed E-state index contributed by atoms with van der Waals surface area (Å²) in [6.07, 6.45) is 11.2. The Bertz CT molecular complexity index is 1440. The van der Waals surface area contributed by atoms with Gasteiger partial charge in [-0.3, -0.25) is 9.59 Å². The van der Waals surface area contributed by atoms with Crippen molar-refractivity contribution in [3.05, 3.63) is 35.9 Å². The van der Waals surface area contributed by atoms with Crippen LogP contribution in [0.4, 0.5) is 10.2 Å². The van der Waals surface area contributed by atoms with E-state index in [0.29, 0.717) is 18.3 Å². The molecule has 7 rings (SSSR count). The lowest BCUT2D eigenvalue weighted by Crippen LogP contribution is -2.61. The summed E-state index contributed by atoms with van der Waals surface area (Å²) in [4.78, 5) is 36.9. The highest BCUT2D eigenvalue weighted by atomic mass is 19.1. The molecule has 3 saturated heterocycles. The SMILES string of the molecule is CCN(C(=O)c1cc(F)ccc1Oc1nncnc1N1CC2(CCN(C[C@H]3CC[C@]4(CC3)CC(C)(C)C(=O)N4)CC2)C1)C1CC1. The summed E-state index contributed by atoms with van der Waals surface area (Å²) in [5.74, 6) is 1.31. The first-order chi connectivity index (χ1) is 21.6. The number of carbonyl (C=O) groups is 2. The molecule has 5 aliphatic rings. The van der Waals surface area contributed by atoms with Crippen molar-refractivity contribution in [3.63, 3.8) is 0 Å². The first-order valence-electron chi connectivity index (χ1n) is 16.8. The number of halogens is 1. The van der Waals surface area contributed by atoms with Crippen LogP contribution in [0.1, 0.15) is 88.9 Å². The number of likely N-dealkylation sites (tertiary alicyclic amines) is 1. The summed E-state index contributed by atoms with van der Waals surface area (Å²) in [6, 6.07) is 4.25. The summed E-state index contributed by atoms with van der Waals surface area (Å²) in [7, 11) is 0.